The fraction of sp³-hybridized carbons (Fsp3) is 0.462. The first kappa shape index (κ1) is 14.6. The van der Waals surface area contributed by atoms with Crippen LogP contribution in [-0.2, 0) is 13.0 Å². The number of halogens is 4. The first-order valence-electron chi connectivity index (χ1n) is 6.25. The topological polar surface area (TPSA) is 43.8 Å². The van der Waals surface area contributed by atoms with Crippen LogP contribution in [0.3, 0.4) is 0 Å². The Morgan fingerprint density at radius 3 is 2.65 bits per heavy atom. The third-order valence-electron chi connectivity index (χ3n) is 3.01. The molecule has 0 aliphatic heterocycles. The zero-order chi connectivity index (χ0) is 14.9. The lowest BCUT2D eigenvalue weighted by molar-refractivity contribution is -0.137. The second kappa shape index (κ2) is 5.30. The monoisotopic (exact) mass is 289 g/mol. The van der Waals surface area contributed by atoms with Crippen LogP contribution in [-0.4, -0.2) is 21.9 Å². The first-order valence-corrected chi connectivity index (χ1v) is 6.25. The van der Waals surface area contributed by atoms with Gasteiger partial charge in [-0.25, -0.2) is 13.8 Å². The van der Waals surface area contributed by atoms with E-state index in [0.717, 1.165) is 4.57 Å². The lowest BCUT2D eigenvalue weighted by Gasteiger charge is -2.18. The predicted octanol–water partition coefficient (Wildman–Crippen LogP) is 3.47. The Morgan fingerprint density at radius 2 is 2.05 bits per heavy atom. The van der Waals surface area contributed by atoms with Crippen molar-refractivity contribution < 1.29 is 17.6 Å². The third-order valence-corrected chi connectivity index (χ3v) is 3.01. The Balaban J connectivity index is 2.51. The molecule has 3 nitrogen and oxygen atoms in total. The number of fused-ring (bicyclic) bond motifs is 1. The van der Waals surface area contributed by atoms with Gasteiger partial charge in [-0.3, -0.25) is 0 Å². The minimum absolute atomic E-state index is 0.369. The molecule has 0 fully saturated rings. The van der Waals surface area contributed by atoms with Gasteiger partial charge >= 0.3 is 12.3 Å². The van der Waals surface area contributed by atoms with Crippen molar-refractivity contribution in [1.82, 2.24) is 9.55 Å². The number of hydrogen-bond acceptors (Lipinski definition) is 2. The van der Waals surface area contributed by atoms with Crippen molar-refractivity contribution >= 4 is 16.7 Å². The molecule has 1 heterocycles. The van der Waals surface area contributed by atoms with Crippen molar-refractivity contribution in [2.75, 3.05) is 5.73 Å². The summed E-state index contributed by atoms with van der Waals surface area (Å²) in [5.41, 5.74) is 6.90. The number of rotatable bonds is 5. The van der Waals surface area contributed by atoms with E-state index in [2.05, 4.69) is 4.98 Å². The molecular formula is C13H15F4N3. The Labute approximate surface area is 113 Å². The van der Waals surface area contributed by atoms with Gasteiger partial charge in [0.2, 0.25) is 0 Å². The van der Waals surface area contributed by atoms with Gasteiger partial charge in [0, 0.05) is 12.1 Å². The second-order valence-corrected chi connectivity index (χ2v) is 4.67. The van der Waals surface area contributed by atoms with Gasteiger partial charge in [-0.15, -0.1) is 0 Å². The van der Waals surface area contributed by atoms with Gasteiger partial charge in [0.25, 0.3) is 0 Å². The van der Waals surface area contributed by atoms with Crippen molar-refractivity contribution in [1.29, 1.82) is 0 Å². The standard InChI is InChI=1S/C13H15F4N3/c1-2-3-11-19-9-6-8(18)4-5-10(9)20(11)7-13(16,17)12(14)15/h4-6,12H,2-3,7,18H2,1H3. The van der Waals surface area contributed by atoms with Crippen molar-refractivity contribution in [3.8, 4) is 0 Å². The molecule has 0 aliphatic rings. The molecule has 0 saturated heterocycles. The number of nitrogen functional groups attached to an aromatic ring is 1. The van der Waals surface area contributed by atoms with Gasteiger partial charge in [0.1, 0.15) is 5.82 Å². The number of alkyl halides is 4. The number of imidazole rings is 1. The van der Waals surface area contributed by atoms with Crippen LogP contribution in [0.4, 0.5) is 23.2 Å². The summed E-state index contributed by atoms with van der Waals surface area (Å²) in [5, 5.41) is 0. The average molecular weight is 289 g/mol. The van der Waals surface area contributed by atoms with Gasteiger partial charge in [-0.05, 0) is 24.6 Å². The van der Waals surface area contributed by atoms with Crippen molar-refractivity contribution in [3.05, 3.63) is 24.0 Å². The summed E-state index contributed by atoms with van der Waals surface area (Å²) in [6.07, 6.45) is -2.59. The molecule has 0 unspecified atom stereocenters. The molecule has 7 heteroatoms. The second-order valence-electron chi connectivity index (χ2n) is 4.67. The highest BCUT2D eigenvalue weighted by atomic mass is 19.3. The molecule has 0 atom stereocenters. The molecule has 0 aliphatic carbocycles. The molecule has 0 saturated carbocycles. The van der Waals surface area contributed by atoms with Crippen molar-refractivity contribution in [2.45, 2.75) is 38.7 Å². The lowest BCUT2D eigenvalue weighted by atomic mass is 10.2. The molecule has 0 spiro atoms. The van der Waals surface area contributed by atoms with Gasteiger partial charge in [0.15, 0.2) is 0 Å². The summed E-state index contributed by atoms with van der Waals surface area (Å²) in [4.78, 5) is 4.21. The van der Waals surface area contributed by atoms with Crippen LogP contribution in [0.25, 0.3) is 11.0 Å². The largest absolute Gasteiger partial charge is 0.399 e. The minimum atomic E-state index is -4.09. The van der Waals surface area contributed by atoms with Gasteiger partial charge < -0.3 is 10.3 Å². The normalized spacial score (nSPS) is 12.5. The first-order chi connectivity index (χ1) is 9.35. The summed E-state index contributed by atoms with van der Waals surface area (Å²) in [7, 11) is 0. The molecule has 2 N–H and O–H groups in total. The maximum Gasteiger partial charge on any atom is 0.324 e. The highest BCUT2D eigenvalue weighted by molar-refractivity contribution is 5.79. The van der Waals surface area contributed by atoms with Crippen molar-refractivity contribution in [2.24, 2.45) is 0 Å². The molecule has 1 aromatic carbocycles. The number of aryl methyl sites for hydroxylation is 1. The highest BCUT2D eigenvalue weighted by Crippen LogP contribution is 2.28. The van der Waals surface area contributed by atoms with E-state index in [1.807, 2.05) is 6.92 Å². The fourth-order valence-corrected chi connectivity index (χ4v) is 2.07. The molecule has 0 radical (unpaired) electrons. The zero-order valence-electron chi connectivity index (χ0n) is 10.9. The van der Waals surface area contributed by atoms with Gasteiger partial charge in [-0.2, -0.15) is 8.78 Å². The van der Waals surface area contributed by atoms with Gasteiger partial charge in [-0.1, -0.05) is 6.92 Å². The number of benzene rings is 1. The van der Waals surface area contributed by atoms with E-state index >= 15 is 0 Å². The summed E-state index contributed by atoms with van der Waals surface area (Å²) in [5.74, 6) is -3.72. The maximum absolute atomic E-state index is 13.3. The quantitative estimate of drug-likeness (QED) is 0.676. The lowest BCUT2D eigenvalue weighted by Crippen LogP contribution is -2.32. The fourth-order valence-electron chi connectivity index (χ4n) is 2.07. The van der Waals surface area contributed by atoms with Crippen LogP contribution in [0.15, 0.2) is 18.2 Å². The summed E-state index contributed by atoms with van der Waals surface area (Å²) < 4.78 is 52.5. The van der Waals surface area contributed by atoms with E-state index in [0.29, 0.717) is 35.4 Å². The van der Waals surface area contributed by atoms with Crippen molar-refractivity contribution in [3.63, 3.8) is 0 Å². The van der Waals surface area contributed by atoms with Crippen LogP contribution in [0, 0.1) is 0 Å². The Hall–Kier alpha value is -1.79. The summed E-state index contributed by atoms with van der Waals surface area (Å²) >= 11 is 0. The predicted molar refractivity (Wildman–Crippen MR) is 69.1 cm³/mol. The number of hydrogen-bond donors (Lipinski definition) is 1. The van der Waals surface area contributed by atoms with E-state index in [1.54, 1.807) is 6.07 Å². The van der Waals surface area contributed by atoms with Gasteiger partial charge in [0.05, 0.1) is 17.6 Å². The number of aromatic nitrogens is 2. The zero-order valence-corrected chi connectivity index (χ0v) is 10.9. The molecule has 110 valence electrons. The third kappa shape index (κ3) is 2.71. The molecule has 1 aromatic heterocycles. The Kier molecular flexibility index (Phi) is 3.87. The molecule has 20 heavy (non-hydrogen) atoms. The SMILES string of the molecule is CCCc1nc2cc(N)ccc2n1CC(F)(F)C(F)F. The smallest absolute Gasteiger partial charge is 0.324 e. The maximum atomic E-state index is 13.3. The van der Waals surface area contributed by atoms with Crippen LogP contribution in [0.1, 0.15) is 19.2 Å². The Bertz CT molecular complexity index is 607. The van der Waals surface area contributed by atoms with Crippen LogP contribution < -0.4 is 5.73 Å². The molecule has 2 rings (SSSR count). The summed E-state index contributed by atoms with van der Waals surface area (Å²) in [6.45, 7) is 0.781. The van der Waals surface area contributed by atoms with Crippen LogP contribution in [0.2, 0.25) is 0 Å². The van der Waals surface area contributed by atoms with Crippen LogP contribution in [0.5, 0.6) is 0 Å². The van der Waals surface area contributed by atoms with E-state index in [-0.39, 0.29) is 0 Å². The summed E-state index contributed by atoms with van der Waals surface area (Å²) in [6, 6.07) is 4.61. The molecular weight excluding hydrogens is 274 g/mol. The number of nitrogens with two attached hydrogens (primary N) is 1. The van der Waals surface area contributed by atoms with E-state index in [4.69, 9.17) is 5.73 Å². The van der Waals surface area contributed by atoms with E-state index in [9.17, 15) is 17.6 Å². The molecule has 0 bridgehead atoms. The Morgan fingerprint density at radius 1 is 1.35 bits per heavy atom. The van der Waals surface area contributed by atoms with E-state index < -0.39 is 18.9 Å². The minimum Gasteiger partial charge on any atom is -0.399 e. The molecule has 0 amide bonds. The van der Waals surface area contributed by atoms with Crippen LogP contribution >= 0.6 is 0 Å². The average Bonchev–Trinajstić information content (AvgIpc) is 2.66. The van der Waals surface area contributed by atoms with E-state index in [1.165, 1.54) is 12.1 Å². The number of nitrogens with zero attached hydrogens (tertiary/aromatic N) is 2. The molecule has 2 aromatic rings. The number of anilines is 1. The highest BCUT2D eigenvalue weighted by Gasteiger charge is 2.41.